The fraction of sp³-hybridized carbons (Fsp3) is 0.688. The van der Waals surface area contributed by atoms with Crippen LogP contribution in [-0.2, 0) is 6.54 Å². The normalized spacial score (nSPS) is 14.7. The number of pyridine rings is 1. The molecule has 118 valence electrons. The molecule has 0 radical (unpaired) electrons. The summed E-state index contributed by atoms with van der Waals surface area (Å²) < 4.78 is 1.06. The first-order valence-corrected chi connectivity index (χ1v) is 8.67. The van der Waals surface area contributed by atoms with Gasteiger partial charge in [0.15, 0.2) is 0 Å². The molecule has 0 bridgehead atoms. The van der Waals surface area contributed by atoms with E-state index in [0.717, 1.165) is 48.9 Å². The summed E-state index contributed by atoms with van der Waals surface area (Å²) in [7, 11) is 4.25. The maximum atomic E-state index is 4.67. The number of aromatic nitrogens is 1. The number of nitrogens with one attached hydrogen (secondary N) is 1. The third-order valence-corrected chi connectivity index (χ3v) is 4.22. The summed E-state index contributed by atoms with van der Waals surface area (Å²) in [5.41, 5.74) is 1.29. The van der Waals surface area contributed by atoms with E-state index in [1.54, 1.807) is 0 Å². The van der Waals surface area contributed by atoms with E-state index in [9.17, 15) is 0 Å². The van der Waals surface area contributed by atoms with Crippen LogP contribution in [0.25, 0.3) is 0 Å². The average Bonchev–Trinajstić information content (AvgIpc) is 3.26. The highest BCUT2D eigenvalue weighted by Gasteiger charge is 2.21. The van der Waals surface area contributed by atoms with Gasteiger partial charge in [-0.1, -0.05) is 0 Å². The molecule has 0 unspecified atom stereocenters. The van der Waals surface area contributed by atoms with Crippen LogP contribution in [-0.4, -0.2) is 49.7 Å². The Labute approximate surface area is 137 Å². The van der Waals surface area contributed by atoms with E-state index in [0.29, 0.717) is 0 Å². The molecular formula is C16H27BrN4. The summed E-state index contributed by atoms with van der Waals surface area (Å²) in [6.07, 6.45) is 5.70. The summed E-state index contributed by atoms with van der Waals surface area (Å²) in [4.78, 5) is 9.29. The molecule has 0 atom stereocenters. The second kappa shape index (κ2) is 8.11. The third-order valence-electron chi connectivity index (χ3n) is 3.78. The van der Waals surface area contributed by atoms with Crippen molar-refractivity contribution in [2.24, 2.45) is 0 Å². The van der Waals surface area contributed by atoms with Gasteiger partial charge in [-0.15, -0.1) is 0 Å². The van der Waals surface area contributed by atoms with E-state index >= 15 is 0 Å². The van der Waals surface area contributed by atoms with Crippen molar-refractivity contribution in [2.75, 3.05) is 38.6 Å². The van der Waals surface area contributed by atoms with Gasteiger partial charge in [0.25, 0.3) is 0 Å². The molecule has 1 aliphatic rings. The smallest absolute Gasteiger partial charge is 0.133 e. The molecule has 0 aromatic carbocycles. The van der Waals surface area contributed by atoms with Gasteiger partial charge in [-0.2, -0.15) is 0 Å². The van der Waals surface area contributed by atoms with Gasteiger partial charge in [0.05, 0.1) is 0 Å². The van der Waals surface area contributed by atoms with Crippen molar-refractivity contribution in [3.63, 3.8) is 0 Å². The van der Waals surface area contributed by atoms with Crippen molar-refractivity contribution in [1.29, 1.82) is 0 Å². The Kier molecular flexibility index (Phi) is 6.45. The first-order valence-electron chi connectivity index (χ1n) is 7.87. The zero-order valence-corrected chi connectivity index (χ0v) is 15.0. The van der Waals surface area contributed by atoms with Crippen LogP contribution < -0.4 is 10.2 Å². The van der Waals surface area contributed by atoms with Crippen molar-refractivity contribution < 1.29 is 0 Å². The molecule has 5 heteroatoms. The first-order chi connectivity index (χ1) is 10.1. The first kappa shape index (κ1) is 16.7. The van der Waals surface area contributed by atoms with Crippen LogP contribution >= 0.6 is 15.9 Å². The fourth-order valence-corrected chi connectivity index (χ4v) is 2.80. The Morgan fingerprint density at radius 2 is 2.10 bits per heavy atom. The zero-order valence-electron chi connectivity index (χ0n) is 13.4. The maximum Gasteiger partial charge on any atom is 0.133 e. The molecule has 1 heterocycles. The lowest BCUT2D eigenvalue weighted by atomic mass is 10.2. The SMILES string of the molecule is CCN(CCCN(C)C)c1ncc(Br)cc1CNC1CC1. The summed E-state index contributed by atoms with van der Waals surface area (Å²) in [5, 5.41) is 3.60. The van der Waals surface area contributed by atoms with Gasteiger partial charge < -0.3 is 15.1 Å². The minimum atomic E-state index is 0.723. The second-order valence-electron chi connectivity index (χ2n) is 6.03. The Bertz CT molecular complexity index is 446. The van der Waals surface area contributed by atoms with Gasteiger partial charge in [-0.05, 0) is 68.8 Å². The number of rotatable bonds is 9. The van der Waals surface area contributed by atoms with Crippen molar-refractivity contribution in [1.82, 2.24) is 15.2 Å². The average molecular weight is 355 g/mol. The molecule has 1 N–H and O–H groups in total. The zero-order chi connectivity index (χ0) is 15.2. The summed E-state index contributed by atoms with van der Waals surface area (Å²) in [6, 6.07) is 2.92. The van der Waals surface area contributed by atoms with E-state index in [1.165, 1.54) is 18.4 Å². The van der Waals surface area contributed by atoms with Gasteiger partial charge in [0.2, 0.25) is 0 Å². The lowest BCUT2D eigenvalue weighted by Crippen LogP contribution is -2.29. The van der Waals surface area contributed by atoms with Crippen LogP contribution in [0.5, 0.6) is 0 Å². The molecule has 1 fully saturated rings. The van der Waals surface area contributed by atoms with Gasteiger partial charge >= 0.3 is 0 Å². The van der Waals surface area contributed by atoms with Crippen LogP contribution in [0, 0.1) is 0 Å². The molecule has 4 nitrogen and oxygen atoms in total. The molecular weight excluding hydrogens is 328 g/mol. The molecule has 0 amide bonds. The standard InChI is InChI=1S/C16H27BrN4/c1-4-21(9-5-8-20(2)3)16-13(10-14(17)12-19-16)11-18-15-6-7-15/h10,12,15,18H,4-9,11H2,1-3H3. The van der Waals surface area contributed by atoms with E-state index < -0.39 is 0 Å². The van der Waals surface area contributed by atoms with E-state index in [-0.39, 0.29) is 0 Å². The van der Waals surface area contributed by atoms with Gasteiger partial charge in [0.1, 0.15) is 5.82 Å². The Morgan fingerprint density at radius 3 is 2.71 bits per heavy atom. The summed E-state index contributed by atoms with van der Waals surface area (Å²) >= 11 is 3.55. The van der Waals surface area contributed by atoms with Crippen molar-refractivity contribution >= 4 is 21.7 Å². The quantitative estimate of drug-likeness (QED) is 0.738. The van der Waals surface area contributed by atoms with E-state index in [2.05, 4.69) is 63.1 Å². The molecule has 21 heavy (non-hydrogen) atoms. The Balaban J connectivity index is 2.02. The van der Waals surface area contributed by atoms with Crippen molar-refractivity contribution in [2.45, 2.75) is 38.8 Å². The highest BCUT2D eigenvalue weighted by molar-refractivity contribution is 9.10. The van der Waals surface area contributed by atoms with Crippen LogP contribution in [0.15, 0.2) is 16.7 Å². The number of hydrogen-bond donors (Lipinski definition) is 1. The number of nitrogens with zero attached hydrogens (tertiary/aromatic N) is 3. The number of anilines is 1. The van der Waals surface area contributed by atoms with Crippen LogP contribution in [0.1, 0.15) is 31.7 Å². The molecule has 1 aliphatic carbocycles. The number of hydrogen-bond acceptors (Lipinski definition) is 4. The van der Waals surface area contributed by atoms with Crippen LogP contribution in [0.2, 0.25) is 0 Å². The van der Waals surface area contributed by atoms with Crippen LogP contribution in [0.3, 0.4) is 0 Å². The topological polar surface area (TPSA) is 31.4 Å². The Hall–Kier alpha value is -0.650. The molecule has 0 saturated heterocycles. The van der Waals surface area contributed by atoms with E-state index in [1.807, 2.05) is 6.20 Å². The second-order valence-corrected chi connectivity index (χ2v) is 6.94. The lowest BCUT2D eigenvalue weighted by Gasteiger charge is -2.25. The van der Waals surface area contributed by atoms with Gasteiger partial charge in [-0.25, -0.2) is 4.98 Å². The number of halogens is 1. The van der Waals surface area contributed by atoms with Crippen LogP contribution in [0.4, 0.5) is 5.82 Å². The molecule has 1 saturated carbocycles. The van der Waals surface area contributed by atoms with E-state index in [4.69, 9.17) is 0 Å². The monoisotopic (exact) mass is 354 g/mol. The fourth-order valence-electron chi connectivity index (χ4n) is 2.42. The molecule has 1 aromatic rings. The highest BCUT2D eigenvalue weighted by Crippen LogP contribution is 2.24. The molecule has 2 rings (SSSR count). The van der Waals surface area contributed by atoms with Crippen molar-refractivity contribution in [3.05, 3.63) is 22.3 Å². The highest BCUT2D eigenvalue weighted by atomic mass is 79.9. The van der Waals surface area contributed by atoms with Gasteiger partial charge in [0, 0.05) is 41.9 Å². The predicted octanol–water partition coefficient (Wildman–Crippen LogP) is 2.87. The lowest BCUT2D eigenvalue weighted by molar-refractivity contribution is 0.400. The predicted molar refractivity (Wildman–Crippen MR) is 92.9 cm³/mol. The summed E-state index contributed by atoms with van der Waals surface area (Å²) in [6.45, 7) is 6.29. The molecule has 0 spiro atoms. The van der Waals surface area contributed by atoms with Gasteiger partial charge in [-0.3, -0.25) is 0 Å². The maximum absolute atomic E-state index is 4.67. The Morgan fingerprint density at radius 1 is 1.33 bits per heavy atom. The minimum absolute atomic E-state index is 0.723. The van der Waals surface area contributed by atoms with Crippen molar-refractivity contribution in [3.8, 4) is 0 Å². The summed E-state index contributed by atoms with van der Waals surface area (Å²) in [5.74, 6) is 1.13. The minimum Gasteiger partial charge on any atom is -0.357 e. The largest absolute Gasteiger partial charge is 0.357 e. The molecule has 0 aliphatic heterocycles. The molecule has 1 aromatic heterocycles. The third kappa shape index (κ3) is 5.57.